The first-order valence-corrected chi connectivity index (χ1v) is 10.7. The Hall–Kier alpha value is -2.57. The van der Waals surface area contributed by atoms with Crippen LogP contribution in [0, 0.1) is 0 Å². The Labute approximate surface area is 179 Å². The standard InChI is InChI=1S/C24H32N2O4/c1-4-19-5-8-21(9-6-19)26-13-11-25(12-14-26)16-22(28)17-30-23-10-7-20(18(2)27)15-24(23)29-3/h5-10,15,22,28H,4,11-14,16-17H2,1-3H3/p+1/t22-/m0/s1. The van der Waals surface area contributed by atoms with E-state index in [4.69, 9.17) is 9.47 Å². The van der Waals surface area contributed by atoms with Gasteiger partial charge in [0.1, 0.15) is 19.3 Å². The van der Waals surface area contributed by atoms with Crippen LogP contribution in [0.2, 0.25) is 0 Å². The number of benzene rings is 2. The normalized spacial score (nSPS) is 15.7. The molecule has 0 bridgehead atoms. The summed E-state index contributed by atoms with van der Waals surface area (Å²) in [5, 5.41) is 10.5. The van der Waals surface area contributed by atoms with Crippen LogP contribution in [0.15, 0.2) is 42.5 Å². The van der Waals surface area contributed by atoms with E-state index >= 15 is 0 Å². The van der Waals surface area contributed by atoms with E-state index in [2.05, 4.69) is 36.1 Å². The Balaban J connectivity index is 1.46. The predicted molar refractivity (Wildman–Crippen MR) is 118 cm³/mol. The average molecular weight is 414 g/mol. The summed E-state index contributed by atoms with van der Waals surface area (Å²) in [6.45, 7) is 8.47. The van der Waals surface area contributed by atoms with Crippen molar-refractivity contribution in [1.82, 2.24) is 0 Å². The lowest BCUT2D eigenvalue weighted by molar-refractivity contribution is -0.903. The number of hydrogen-bond donors (Lipinski definition) is 2. The Morgan fingerprint density at radius 2 is 1.83 bits per heavy atom. The second-order valence-electron chi connectivity index (χ2n) is 7.85. The number of anilines is 1. The molecule has 0 radical (unpaired) electrons. The molecule has 162 valence electrons. The van der Waals surface area contributed by atoms with Crippen LogP contribution in [0.1, 0.15) is 29.8 Å². The minimum Gasteiger partial charge on any atom is -0.493 e. The van der Waals surface area contributed by atoms with Crippen molar-refractivity contribution in [3.63, 3.8) is 0 Å². The number of aliphatic hydroxyl groups is 1. The predicted octanol–water partition coefficient (Wildman–Crippen LogP) is 1.61. The lowest BCUT2D eigenvalue weighted by Gasteiger charge is -2.34. The third-order valence-corrected chi connectivity index (χ3v) is 5.71. The van der Waals surface area contributed by atoms with Gasteiger partial charge in [-0.25, -0.2) is 0 Å². The minimum absolute atomic E-state index is 0.0241. The van der Waals surface area contributed by atoms with Gasteiger partial charge < -0.3 is 24.4 Å². The fraction of sp³-hybridized carbons (Fsp3) is 0.458. The largest absolute Gasteiger partial charge is 0.493 e. The molecule has 6 nitrogen and oxygen atoms in total. The summed E-state index contributed by atoms with van der Waals surface area (Å²) in [4.78, 5) is 15.3. The van der Waals surface area contributed by atoms with E-state index < -0.39 is 6.10 Å². The minimum atomic E-state index is -0.562. The van der Waals surface area contributed by atoms with Gasteiger partial charge >= 0.3 is 0 Å². The van der Waals surface area contributed by atoms with Gasteiger partial charge in [-0.3, -0.25) is 4.79 Å². The Bertz CT molecular complexity index is 830. The number of ketones is 1. The van der Waals surface area contributed by atoms with Gasteiger partial charge in [0.05, 0.1) is 33.3 Å². The van der Waals surface area contributed by atoms with E-state index in [1.54, 1.807) is 25.3 Å². The number of rotatable bonds is 9. The molecule has 2 aromatic carbocycles. The van der Waals surface area contributed by atoms with Crippen molar-refractivity contribution in [2.45, 2.75) is 26.4 Å². The first-order chi connectivity index (χ1) is 14.5. The van der Waals surface area contributed by atoms with Crippen molar-refractivity contribution in [2.75, 3.05) is 51.3 Å². The summed E-state index contributed by atoms with van der Waals surface area (Å²) in [6.07, 6.45) is 0.498. The molecule has 30 heavy (non-hydrogen) atoms. The molecule has 1 atom stereocenters. The van der Waals surface area contributed by atoms with Gasteiger partial charge in [0.15, 0.2) is 17.3 Å². The molecular formula is C24H33N2O4+. The van der Waals surface area contributed by atoms with Gasteiger partial charge in [-0.05, 0) is 49.2 Å². The molecule has 0 aromatic heterocycles. The molecule has 1 fully saturated rings. The first kappa shape index (κ1) is 22.1. The highest BCUT2D eigenvalue weighted by molar-refractivity contribution is 5.94. The van der Waals surface area contributed by atoms with Gasteiger partial charge in [0, 0.05) is 11.3 Å². The van der Waals surface area contributed by atoms with Crippen molar-refractivity contribution in [3.8, 4) is 11.5 Å². The fourth-order valence-corrected chi connectivity index (χ4v) is 3.81. The van der Waals surface area contributed by atoms with Crippen LogP contribution < -0.4 is 19.3 Å². The summed E-state index contributed by atoms with van der Waals surface area (Å²) in [6, 6.07) is 13.9. The van der Waals surface area contributed by atoms with Crippen molar-refractivity contribution >= 4 is 11.5 Å². The third kappa shape index (κ3) is 5.74. The number of quaternary nitrogens is 1. The maximum atomic E-state index is 11.5. The van der Waals surface area contributed by atoms with Crippen molar-refractivity contribution < 1.29 is 24.3 Å². The molecule has 2 N–H and O–H groups in total. The zero-order valence-electron chi connectivity index (χ0n) is 18.2. The number of carbonyl (C=O) groups excluding carboxylic acids is 1. The zero-order chi connectivity index (χ0) is 21.5. The number of nitrogens with one attached hydrogen (secondary N) is 1. The second kappa shape index (κ2) is 10.5. The Kier molecular flexibility index (Phi) is 7.71. The van der Waals surface area contributed by atoms with E-state index in [0.29, 0.717) is 23.6 Å². The molecule has 1 heterocycles. The maximum absolute atomic E-state index is 11.5. The molecule has 0 aliphatic carbocycles. The van der Waals surface area contributed by atoms with Crippen LogP contribution in [0.5, 0.6) is 11.5 Å². The monoisotopic (exact) mass is 413 g/mol. The molecular weight excluding hydrogens is 380 g/mol. The number of ether oxygens (including phenoxy) is 2. The molecule has 1 aliphatic rings. The zero-order valence-corrected chi connectivity index (χ0v) is 18.2. The summed E-state index contributed by atoms with van der Waals surface area (Å²) in [5.74, 6) is 1.02. The van der Waals surface area contributed by atoms with E-state index in [1.165, 1.54) is 23.1 Å². The second-order valence-corrected chi connectivity index (χ2v) is 7.85. The number of aryl methyl sites for hydroxylation is 1. The van der Waals surface area contributed by atoms with Crippen molar-refractivity contribution in [2.24, 2.45) is 0 Å². The smallest absolute Gasteiger partial charge is 0.161 e. The van der Waals surface area contributed by atoms with Crippen molar-refractivity contribution in [3.05, 3.63) is 53.6 Å². The molecule has 0 amide bonds. The van der Waals surface area contributed by atoms with Gasteiger partial charge in [-0.2, -0.15) is 0 Å². The summed E-state index contributed by atoms with van der Waals surface area (Å²) >= 11 is 0. The van der Waals surface area contributed by atoms with Crippen LogP contribution in [0.4, 0.5) is 5.69 Å². The highest BCUT2D eigenvalue weighted by atomic mass is 16.5. The van der Waals surface area contributed by atoms with Gasteiger partial charge in [-0.1, -0.05) is 19.1 Å². The van der Waals surface area contributed by atoms with Crippen LogP contribution in [0.3, 0.4) is 0 Å². The first-order valence-electron chi connectivity index (χ1n) is 10.7. The van der Waals surface area contributed by atoms with E-state index in [0.717, 1.165) is 32.6 Å². The fourth-order valence-electron chi connectivity index (χ4n) is 3.81. The lowest BCUT2D eigenvalue weighted by Crippen LogP contribution is -3.16. The van der Waals surface area contributed by atoms with Crippen molar-refractivity contribution in [1.29, 1.82) is 0 Å². The number of methoxy groups -OCH3 is 1. The average Bonchev–Trinajstić information content (AvgIpc) is 2.78. The molecule has 0 unspecified atom stereocenters. The molecule has 2 aromatic rings. The number of Topliss-reactive ketones (excluding diaryl/α,β-unsaturated/α-hetero) is 1. The SMILES string of the molecule is CCc1ccc(N2CC[NH+](C[C@H](O)COc3ccc(C(C)=O)cc3OC)CC2)cc1. The number of carbonyl (C=O) groups is 1. The van der Waals surface area contributed by atoms with Crippen LogP contribution in [-0.2, 0) is 6.42 Å². The number of hydrogen-bond acceptors (Lipinski definition) is 5. The van der Waals surface area contributed by atoms with Crippen LogP contribution in [0.25, 0.3) is 0 Å². The van der Waals surface area contributed by atoms with E-state index in [9.17, 15) is 9.90 Å². The Morgan fingerprint density at radius 3 is 2.43 bits per heavy atom. The summed E-state index contributed by atoms with van der Waals surface area (Å²) in [7, 11) is 1.54. The molecule has 0 spiro atoms. The van der Waals surface area contributed by atoms with E-state index in [-0.39, 0.29) is 12.4 Å². The van der Waals surface area contributed by atoms with Gasteiger partial charge in [-0.15, -0.1) is 0 Å². The topological polar surface area (TPSA) is 63.4 Å². The molecule has 1 saturated heterocycles. The number of piperazine rings is 1. The molecule has 0 saturated carbocycles. The molecule has 1 aliphatic heterocycles. The third-order valence-electron chi connectivity index (χ3n) is 5.71. The van der Waals surface area contributed by atoms with Gasteiger partial charge in [0.2, 0.25) is 0 Å². The summed E-state index contributed by atoms with van der Waals surface area (Å²) < 4.78 is 11.1. The van der Waals surface area contributed by atoms with E-state index in [1.807, 2.05) is 0 Å². The summed E-state index contributed by atoms with van der Waals surface area (Å²) in [5.41, 5.74) is 3.21. The number of aliphatic hydroxyl groups excluding tert-OH is 1. The molecule has 3 rings (SSSR count). The van der Waals surface area contributed by atoms with Crippen LogP contribution >= 0.6 is 0 Å². The number of nitrogens with zero attached hydrogens (tertiary/aromatic N) is 1. The van der Waals surface area contributed by atoms with Crippen LogP contribution in [-0.4, -0.2) is 63.4 Å². The van der Waals surface area contributed by atoms with Gasteiger partial charge in [0.25, 0.3) is 0 Å². The highest BCUT2D eigenvalue weighted by Crippen LogP contribution is 2.28. The highest BCUT2D eigenvalue weighted by Gasteiger charge is 2.23. The maximum Gasteiger partial charge on any atom is 0.161 e. The Morgan fingerprint density at radius 1 is 1.13 bits per heavy atom. The quantitative estimate of drug-likeness (QED) is 0.612. The molecule has 6 heteroatoms. The lowest BCUT2D eigenvalue weighted by atomic mass is 10.1.